The molecule has 0 aliphatic carbocycles. The Balaban J connectivity index is 3.44. The van der Waals surface area contributed by atoms with Crippen LogP contribution in [0.2, 0.25) is 0 Å². The van der Waals surface area contributed by atoms with Gasteiger partial charge in [-0.05, 0) is 18.2 Å². The second-order valence-electron chi connectivity index (χ2n) is 2.23. The average Bonchev–Trinajstić information content (AvgIpc) is 2.03. The van der Waals surface area contributed by atoms with Gasteiger partial charge in [0, 0.05) is 5.56 Å². The lowest BCUT2D eigenvalue weighted by atomic mass is 10.2. The zero-order valence-corrected chi connectivity index (χ0v) is 7.90. The van der Waals surface area contributed by atoms with Crippen molar-refractivity contribution in [3.05, 3.63) is 29.6 Å². The maximum Gasteiger partial charge on any atom is 0.169 e. The van der Waals surface area contributed by atoms with E-state index < -0.39 is 21.7 Å². The van der Waals surface area contributed by atoms with Gasteiger partial charge in [0.15, 0.2) is 10.7 Å². The Morgan fingerprint density at radius 2 is 2.08 bits per heavy atom. The lowest BCUT2D eigenvalue weighted by Gasteiger charge is -1.99. The van der Waals surface area contributed by atoms with Crippen LogP contribution in [0.25, 0.3) is 0 Å². The van der Waals surface area contributed by atoms with Gasteiger partial charge in [0.2, 0.25) is 0 Å². The Bertz CT molecular complexity index is 423. The minimum Gasteiger partial charge on any atom is -0.289 e. The monoisotopic (exact) mass is 221 g/mol. The van der Waals surface area contributed by atoms with Crippen LogP contribution in [0.4, 0.5) is 4.39 Å². The molecule has 0 spiro atoms. The van der Waals surface area contributed by atoms with Crippen LogP contribution in [-0.2, 0) is 10.7 Å². The topological polar surface area (TPSA) is 58.0 Å². The number of rotatable bonds is 2. The standard InChI is InChI=1S/C7H5ClFNO2S/c8-7(10)5-3-4(9)1-2-6(5)13(11)12/h1-3,10,13H. The summed E-state index contributed by atoms with van der Waals surface area (Å²) < 4.78 is 33.8. The van der Waals surface area contributed by atoms with E-state index in [4.69, 9.17) is 17.0 Å². The molecule has 1 aromatic rings. The summed E-state index contributed by atoms with van der Waals surface area (Å²) in [7, 11) is -2.85. The minimum atomic E-state index is -2.85. The molecule has 0 bridgehead atoms. The van der Waals surface area contributed by atoms with Gasteiger partial charge in [0.05, 0.1) is 4.90 Å². The highest BCUT2D eigenvalue weighted by Gasteiger charge is 2.08. The van der Waals surface area contributed by atoms with Crippen molar-refractivity contribution in [1.82, 2.24) is 0 Å². The van der Waals surface area contributed by atoms with E-state index in [1.54, 1.807) is 0 Å². The van der Waals surface area contributed by atoms with Crippen molar-refractivity contribution >= 4 is 27.5 Å². The molecular weight excluding hydrogens is 217 g/mol. The largest absolute Gasteiger partial charge is 0.289 e. The Labute approximate surface area is 80.6 Å². The molecule has 0 radical (unpaired) electrons. The quantitative estimate of drug-likeness (QED) is 0.585. The number of benzene rings is 1. The number of hydrogen-bond acceptors (Lipinski definition) is 3. The zero-order valence-electron chi connectivity index (χ0n) is 6.25. The fourth-order valence-electron chi connectivity index (χ4n) is 0.843. The molecular formula is C7H5ClFNO2S. The van der Waals surface area contributed by atoms with Crippen molar-refractivity contribution < 1.29 is 12.8 Å². The van der Waals surface area contributed by atoms with Crippen molar-refractivity contribution in [3.63, 3.8) is 0 Å². The van der Waals surface area contributed by atoms with Gasteiger partial charge in [-0.1, -0.05) is 11.6 Å². The molecule has 13 heavy (non-hydrogen) atoms. The molecule has 70 valence electrons. The maximum atomic E-state index is 12.6. The zero-order chi connectivity index (χ0) is 10.0. The summed E-state index contributed by atoms with van der Waals surface area (Å²) in [6.07, 6.45) is 0. The number of thiol groups is 1. The Morgan fingerprint density at radius 1 is 1.46 bits per heavy atom. The normalized spacial score (nSPS) is 10.4. The van der Waals surface area contributed by atoms with Crippen LogP contribution in [0, 0.1) is 11.2 Å². The van der Waals surface area contributed by atoms with Gasteiger partial charge in [0.1, 0.15) is 11.0 Å². The summed E-state index contributed by atoms with van der Waals surface area (Å²) in [4.78, 5) is -0.142. The molecule has 0 heterocycles. The van der Waals surface area contributed by atoms with Gasteiger partial charge in [-0.2, -0.15) is 0 Å². The third-order valence-corrected chi connectivity index (χ3v) is 2.38. The Morgan fingerprint density at radius 3 is 2.54 bits per heavy atom. The van der Waals surface area contributed by atoms with Crippen LogP contribution in [0.1, 0.15) is 5.56 Å². The Kier molecular flexibility index (Phi) is 3.00. The summed E-state index contributed by atoms with van der Waals surface area (Å²) in [5, 5.41) is 6.51. The predicted octanol–water partition coefficient (Wildman–Crippen LogP) is 1.36. The molecule has 0 fully saturated rings. The van der Waals surface area contributed by atoms with E-state index in [0.717, 1.165) is 18.2 Å². The minimum absolute atomic E-state index is 0.113. The summed E-state index contributed by atoms with van der Waals surface area (Å²) in [5.41, 5.74) is -0.113. The molecule has 0 unspecified atom stereocenters. The summed E-state index contributed by atoms with van der Waals surface area (Å²) >= 11 is 5.27. The van der Waals surface area contributed by atoms with E-state index >= 15 is 0 Å². The molecule has 3 nitrogen and oxygen atoms in total. The van der Waals surface area contributed by atoms with Crippen LogP contribution in [0.15, 0.2) is 23.1 Å². The van der Waals surface area contributed by atoms with Gasteiger partial charge in [-0.25, -0.2) is 12.8 Å². The first-order chi connectivity index (χ1) is 6.02. The smallest absolute Gasteiger partial charge is 0.169 e. The molecule has 1 N–H and O–H groups in total. The van der Waals surface area contributed by atoms with Crippen molar-refractivity contribution in [2.45, 2.75) is 4.90 Å². The molecule has 0 atom stereocenters. The molecule has 0 saturated carbocycles. The molecule has 1 aromatic carbocycles. The first-order valence-corrected chi connectivity index (χ1v) is 4.76. The van der Waals surface area contributed by atoms with Crippen molar-refractivity contribution in [3.8, 4) is 0 Å². The van der Waals surface area contributed by atoms with E-state index in [2.05, 4.69) is 0 Å². The maximum absolute atomic E-state index is 12.6. The van der Waals surface area contributed by atoms with Crippen molar-refractivity contribution in [1.29, 1.82) is 5.41 Å². The third-order valence-electron chi connectivity index (χ3n) is 1.39. The number of halogens is 2. The van der Waals surface area contributed by atoms with E-state index in [-0.39, 0.29) is 10.5 Å². The van der Waals surface area contributed by atoms with E-state index in [1.165, 1.54) is 0 Å². The molecule has 0 saturated heterocycles. The SMILES string of the molecule is N=C(Cl)c1cc(F)ccc1[SH](=O)=O. The Hall–Kier alpha value is -0.940. The molecule has 6 heteroatoms. The van der Waals surface area contributed by atoms with Crippen molar-refractivity contribution in [2.75, 3.05) is 0 Å². The first kappa shape index (κ1) is 10.1. The predicted molar refractivity (Wildman–Crippen MR) is 47.7 cm³/mol. The third kappa shape index (κ3) is 2.26. The van der Waals surface area contributed by atoms with Gasteiger partial charge in [0.25, 0.3) is 0 Å². The van der Waals surface area contributed by atoms with E-state index in [0.29, 0.717) is 0 Å². The lowest BCUT2D eigenvalue weighted by molar-refractivity contribution is 0.611. The van der Waals surface area contributed by atoms with Crippen molar-refractivity contribution in [2.24, 2.45) is 0 Å². The van der Waals surface area contributed by atoms with E-state index in [1.807, 2.05) is 0 Å². The molecule has 0 amide bonds. The highest BCUT2D eigenvalue weighted by Crippen LogP contribution is 2.14. The number of hydrogen-bond donors (Lipinski definition) is 2. The van der Waals surface area contributed by atoms with Crippen LogP contribution >= 0.6 is 11.6 Å². The van der Waals surface area contributed by atoms with Gasteiger partial charge < -0.3 is 0 Å². The molecule has 1 rings (SSSR count). The van der Waals surface area contributed by atoms with Crippen LogP contribution in [-0.4, -0.2) is 13.6 Å². The highest BCUT2D eigenvalue weighted by molar-refractivity contribution is 7.72. The number of nitrogens with one attached hydrogen (secondary N) is 1. The molecule has 0 aliphatic rings. The van der Waals surface area contributed by atoms with Crippen LogP contribution in [0.5, 0.6) is 0 Å². The average molecular weight is 222 g/mol. The summed E-state index contributed by atoms with van der Waals surface area (Å²) in [5.74, 6) is -0.624. The summed E-state index contributed by atoms with van der Waals surface area (Å²) in [6, 6.07) is 2.99. The molecule has 0 aromatic heterocycles. The lowest BCUT2D eigenvalue weighted by Crippen LogP contribution is -1.96. The first-order valence-electron chi connectivity index (χ1n) is 3.20. The van der Waals surface area contributed by atoms with Gasteiger partial charge in [-0.3, -0.25) is 5.41 Å². The fraction of sp³-hybridized carbons (Fsp3) is 0. The molecule has 0 aliphatic heterocycles. The van der Waals surface area contributed by atoms with Gasteiger partial charge in [-0.15, -0.1) is 0 Å². The summed E-state index contributed by atoms with van der Waals surface area (Å²) in [6.45, 7) is 0. The van der Waals surface area contributed by atoms with E-state index in [9.17, 15) is 12.8 Å². The fourth-order valence-corrected chi connectivity index (χ4v) is 1.63. The second kappa shape index (κ2) is 3.85. The second-order valence-corrected chi connectivity index (χ2v) is 3.61. The highest BCUT2D eigenvalue weighted by atomic mass is 35.5. The van der Waals surface area contributed by atoms with Crippen LogP contribution in [0.3, 0.4) is 0 Å². The van der Waals surface area contributed by atoms with Crippen LogP contribution < -0.4 is 0 Å². The van der Waals surface area contributed by atoms with Gasteiger partial charge >= 0.3 is 0 Å².